The molecule has 2 N–H and O–H groups in total. The molecule has 0 rings (SSSR count). The van der Waals surface area contributed by atoms with Crippen LogP contribution in [0.3, 0.4) is 0 Å². The zero-order valence-electron chi connectivity index (χ0n) is 1.80. The number of nitrogens with two attached hydrogens (primary N) is 1. The third-order valence-electron chi connectivity index (χ3n) is 0. The minimum Gasteiger partial charge on any atom is -0.203 e. The van der Waals surface area contributed by atoms with Crippen molar-refractivity contribution in [2.75, 3.05) is 0 Å². The van der Waals surface area contributed by atoms with Gasteiger partial charge in [0.05, 0.1) is 0 Å². The van der Waals surface area contributed by atoms with Gasteiger partial charge in [0.1, 0.15) is 0 Å². The Morgan fingerprint density at radius 1 is 1.50 bits per heavy atom. The molecule has 0 saturated carbocycles. The Balaban J connectivity index is 3.51. The molecule has 0 bridgehead atoms. The highest BCUT2D eigenvalue weighted by atomic mass is 32.2. The van der Waals surface area contributed by atoms with E-state index in [1.54, 1.807) is 0 Å². The lowest BCUT2D eigenvalue weighted by molar-refractivity contribution is 0.616. The second kappa shape index (κ2) is 1.14. The van der Waals surface area contributed by atoms with Crippen LogP contribution in [0.2, 0.25) is 0 Å². The van der Waals surface area contributed by atoms with E-state index in [1.807, 2.05) is 0 Å². The van der Waals surface area contributed by atoms with E-state index in [9.17, 15) is 0 Å². The van der Waals surface area contributed by atoms with Crippen molar-refractivity contribution in [3.05, 3.63) is 0 Å². The number of hydrogen-bond acceptors (Lipinski definition) is 2. The highest BCUT2D eigenvalue weighted by Gasteiger charge is 1.47. The highest BCUT2D eigenvalue weighted by Crippen LogP contribution is 1.14. The molecule has 0 aromatic heterocycles. The van der Waals surface area contributed by atoms with Crippen LogP contribution in [0.25, 0.3) is 0 Å². The molecule has 4 heavy (non-hydrogen) atoms. The molecule has 25 valence electrons. The molecule has 4 heteroatoms. The third kappa shape index (κ3) is 22.4. The van der Waals surface area contributed by atoms with Crippen molar-refractivity contribution in [1.29, 1.82) is 0 Å². The lowest BCUT2D eigenvalue weighted by Crippen LogP contribution is -1.85. The lowest BCUT2D eigenvalue weighted by atomic mass is 14.0. The first-order valence-electron chi connectivity index (χ1n) is 0.569. The Kier molecular flexibility index (Phi) is 1.08. The maximum absolute atomic E-state index is 8.78. The van der Waals surface area contributed by atoms with Crippen LogP contribution in [0.5, 0.6) is 0 Å². The van der Waals surface area contributed by atoms with Gasteiger partial charge in [-0.25, -0.2) is 5.14 Å². The second-order valence-corrected chi connectivity index (χ2v) is 0.781. The van der Waals surface area contributed by atoms with Gasteiger partial charge in [-0.15, -0.1) is 0 Å². The van der Waals surface area contributed by atoms with Gasteiger partial charge < -0.3 is 0 Å². The van der Waals surface area contributed by atoms with E-state index in [4.69, 9.17) is 8.42 Å². The molecule has 3 nitrogen and oxygen atoms in total. The van der Waals surface area contributed by atoms with Gasteiger partial charge >= 0.3 is 0 Å². The summed E-state index contributed by atoms with van der Waals surface area (Å²) in [4.78, 5) is 0. The van der Waals surface area contributed by atoms with Gasteiger partial charge in [-0.2, -0.15) is 8.42 Å². The molecular formula is H2NO2S. The summed E-state index contributed by atoms with van der Waals surface area (Å²) in [6.45, 7) is 0. The fourth-order valence-corrected chi connectivity index (χ4v) is 0. The van der Waals surface area contributed by atoms with E-state index < -0.39 is 10.9 Å². The zero-order chi connectivity index (χ0) is 3.58. The summed E-state index contributed by atoms with van der Waals surface area (Å²) in [5.74, 6) is 0. The summed E-state index contributed by atoms with van der Waals surface area (Å²) in [5, 5.41) is 4.03. The van der Waals surface area contributed by atoms with Crippen molar-refractivity contribution in [3.63, 3.8) is 0 Å². The monoisotopic (exact) mass is 80.0 g/mol. The molecule has 0 saturated heterocycles. The number of rotatable bonds is 0. The first-order chi connectivity index (χ1) is 1.73. The van der Waals surface area contributed by atoms with Crippen LogP contribution in [0.15, 0.2) is 0 Å². The predicted molar refractivity (Wildman–Crippen MR) is 13.1 cm³/mol. The fourth-order valence-electron chi connectivity index (χ4n) is 0. The SMILES string of the molecule is N[S](=O)=O. The summed E-state index contributed by atoms with van der Waals surface area (Å²) in [6, 6.07) is 0. The van der Waals surface area contributed by atoms with Crippen LogP contribution < -0.4 is 5.14 Å². The average molecular weight is 80.1 g/mol. The smallest absolute Gasteiger partial charge is 0.203 e. The van der Waals surface area contributed by atoms with Crippen LogP contribution in [-0.2, 0) is 10.9 Å². The van der Waals surface area contributed by atoms with E-state index in [2.05, 4.69) is 5.14 Å². The Hall–Kier alpha value is -0.220. The Labute approximate surface area is 25.5 Å². The van der Waals surface area contributed by atoms with Gasteiger partial charge in [-0.05, 0) is 0 Å². The van der Waals surface area contributed by atoms with E-state index in [1.165, 1.54) is 0 Å². The van der Waals surface area contributed by atoms with Gasteiger partial charge in [-0.1, -0.05) is 0 Å². The van der Waals surface area contributed by atoms with Crippen LogP contribution >= 0.6 is 0 Å². The van der Waals surface area contributed by atoms with E-state index in [-0.39, 0.29) is 0 Å². The molecule has 1 radical (unpaired) electrons. The second-order valence-electron chi connectivity index (χ2n) is 0.260. The molecule has 0 fully saturated rings. The van der Waals surface area contributed by atoms with Gasteiger partial charge in [0.15, 0.2) is 0 Å². The molecular weight excluding hydrogens is 78.1 g/mol. The van der Waals surface area contributed by atoms with E-state index >= 15 is 0 Å². The average Bonchev–Trinajstić information content (AvgIpc) is 0.811. The van der Waals surface area contributed by atoms with Crippen molar-refractivity contribution in [3.8, 4) is 0 Å². The van der Waals surface area contributed by atoms with Gasteiger partial charge in [-0.3, -0.25) is 0 Å². The molecule has 0 unspecified atom stereocenters. The topological polar surface area (TPSA) is 60.2 Å². The maximum Gasteiger partial charge on any atom is 0.264 e. The van der Waals surface area contributed by atoms with Crippen LogP contribution in [0.1, 0.15) is 0 Å². The molecule has 0 aromatic rings. The summed E-state index contributed by atoms with van der Waals surface area (Å²) < 4.78 is 17.6. The van der Waals surface area contributed by atoms with E-state index in [0.717, 1.165) is 0 Å². The molecule has 0 aliphatic heterocycles. The summed E-state index contributed by atoms with van der Waals surface area (Å²) >= 11 is 0. The third-order valence-corrected chi connectivity index (χ3v) is 0. The fraction of sp³-hybridized carbons (Fsp3) is 0. The van der Waals surface area contributed by atoms with Crippen LogP contribution in [0.4, 0.5) is 0 Å². The zero-order valence-corrected chi connectivity index (χ0v) is 2.62. The van der Waals surface area contributed by atoms with Crippen molar-refractivity contribution in [2.45, 2.75) is 0 Å². The van der Waals surface area contributed by atoms with Gasteiger partial charge in [0, 0.05) is 0 Å². The minimum absolute atomic E-state index is 2.36. The molecule has 0 spiro atoms. The molecule has 0 aliphatic carbocycles. The first kappa shape index (κ1) is 3.78. The largest absolute Gasteiger partial charge is 0.264 e. The first-order valence-corrected chi connectivity index (χ1v) is 1.71. The van der Waals surface area contributed by atoms with Gasteiger partial charge in [0.2, 0.25) is 0 Å². The Morgan fingerprint density at radius 3 is 1.50 bits per heavy atom. The van der Waals surface area contributed by atoms with Crippen molar-refractivity contribution >= 4 is 10.9 Å². The Morgan fingerprint density at radius 2 is 1.50 bits per heavy atom. The van der Waals surface area contributed by atoms with Crippen molar-refractivity contribution in [1.82, 2.24) is 0 Å². The predicted octanol–water partition coefficient (Wildman–Crippen LogP) is -1.26. The molecule has 0 aromatic carbocycles. The van der Waals surface area contributed by atoms with Crippen molar-refractivity contribution < 1.29 is 8.42 Å². The summed E-state index contributed by atoms with van der Waals surface area (Å²) in [5.41, 5.74) is 0. The maximum atomic E-state index is 8.78. The summed E-state index contributed by atoms with van der Waals surface area (Å²) in [6.07, 6.45) is 0. The highest BCUT2D eigenvalue weighted by molar-refractivity contribution is 7.69. The normalized spacial score (nSPS) is 6.25. The number of hydrogen-bond donors (Lipinski definition) is 1. The lowest BCUT2D eigenvalue weighted by Gasteiger charge is -1.39. The van der Waals surface area contributed by atoms with Crippen LogP contribution in [0, 0.1) is 0 Å². The van der Waals surface area contributed by atoms with Gasteiger partial charge in [0.25, 0.3) is 10.9 Å². The molecule has 0 atom stereocenters. The molecule has 0 aliphatic rings. The molecule has 0 heterocycles. The van der Waals surface area contributed by atoms with E-state index in [0.29, 0.717) is 0 Å². The Bertz CT molecular complexity index is 54.4. The minimum atomic E-state index is -2.36. The van der Waals surface area contributed by atoms with Crippen molar-refractivity contribution in [2.24, 2.45) is 5.14 Å². The molecule has 0 amide bonds. The summed E-state index contributed by atoms with van der Waals surface area (Å²) in [7, 11) is -2.36. The van der Waals surface area contributed by atoms with Crippen LogP contribution in [-0.4, -0.2) is 8.42 Å². The quantitative estimate of drug-likeness (QED) is 0.394. The standard InChI is InChI=1S/H2NO2S/c1-4(2)3/h(H2,1,2,3).